The van der Waals surface area contributed by atoms with E-state index in [1.165, 1.54) is 11.1 Å². The van der Waals surface area contributed by atoms with Gasteiger partial charge in [-0.25, -0.2) is 0 Å². The average molecular weight is 231 g/mol. The van der Waals surface area contributed by atoms with Crippen LogP contribution in [0.1, 0.15) is 24.0 Å². The number of aryl methyl sites for hydroxylation is 1. The third-order valence-corrected chi connectivity index (χ3v) is 3.07. The van der Waals surface area contributed by atoms with E-state index in [1.54, 1.807) is 0 Å². The summed E-state index contributed by atoms with van der Waals surface area (Å²) in [5.74, 6) is 0. The van der Waals surface area contributed by atoms with Crippen LogP contribution in [0.15, 0.2) is 36.6 Å². The molecule has 1 aromatic rings. The Labute approximate surface area is 104 Å². The molecule has 0 fully saturated rings. The second-order valence-electron chi connectivity index (χ2n) is 4.65. The SMILES string of the molecule is Cc1cccc(CCNCC2CCC=CO2)c1. The van der Waals surface area contributed by atoms with Crippen molar-refractivity contribution < 1.29 is 4.74 Å². The van der Waals surface area contributed by atoms with Gasteiger partial charge >= 0.3 is 0 Å². The third kappa shape index (κ3) is 4.23. The van der Waals surface area contributed by atoms with Crippen molar-refractivity contribution in [2.24, 2.45) is 0 Å². The number of rotatable bonds is 5. The van der Waals surface area contributed by atoms with E-state index in [1.807, 2.05) is 6.26 Å². The highest BCUT2D eigenvalue weighted by molar-refractivity contribution is 5.22. The molecule has 2 heteroatoms. The Bertz CT molecular complexity index is 373. The third-order valence-electron chi connectivity index (χ3n) is 3.07. The summed E-state index contributed by atoms with van der Waals surface area (Å²) < 4.78 is 5.51. The molecule has 0 aliphatic carbocycles. The standard InChI is InChI=1S/C15H21NO/c1-13-5-4-6-14(11-13)8-9-16-12-15-7-2-3-10-17-15/h3-6,10-11,15-16H,2,7-9,12H2,1H3. The fourth-order valence-corrected chi connectivity index (χ4v) is 2.10. The summed E-state index contributed by atoms with van der Waals surface area (Å²) in [6.45, 7) is 4.11. The van der Waals surface area contributed by atoms with Gasteiger partial charge in [0.1, 0.15) is 6.10 Å². The Morgan fingerprint density at radius 2 is 2.35 bits per heavy atom. The lowest BCUT2D eigenvalue weighted by atomic mass is 10.1. The first-order chi connectivity index (χ1) is 8.34. The zero-order chi connectivity index (χ0) is 11.9. The minimum absolute atomic E-state index is 0.359. The highest BCUT2D eigenvalue weighted by atomic mass is 16.5. The summed E-state index contributed by atoms with van der Waals surface area (Å²) in [6.07, 6.45) is 7.64. The highest BCUT2D eigenvalue weighted by Gasteiger charge is 2.09. The summed E-state index contributed by atoms with van der Waals surface area (Å²) >= 11 is 0. The molecule has 1 heterocycles. The molecule has 17 heavy (non-hydrogen) atoms. The van der Waals surface area contributed by atoms with Gasteiger partial charge in [-0.05, 0) is 44.4 Å². The van der Waals surface area contributed by atoms with E-state index in [0.717, 1.165) is 32.4 Å². The smallest absolute Gasteiger partial charge is 0.110 e. The number of hydrogen-bond donors (Lipinski definition) is 1. The Kier molecular flexibility index (Phi) is 4.63. The van der Waals surface area contributed by atoms with Crippen LogP contribution in [0.2, 0.25) is 0 Å². The maximum Gasteiger partial charge on any atom is 0.110 e. The van der Waals surface area contributed by atoms with Crippen LogP contribution in [0.4, 0.5) is 0 Å². The Balaban J connectivity index is 1.64. The van der Waals surface area contributed by atoms with Crippen LogP contribution < -0.4 is 5.32 Å². The first-order valence-corrected chi connectivity index (χ1v) is 6.41. The van der Waals surface area contributed by atoms with Gasteiger partial charge in [-0.2, -0.15) is 0 Å². The van der Waals surface area contributed by atoms with E-state index in [0.29, 0.717) is 6.10 Å². The van der Waals surface area contributed by atoms with Crippen molar-refractivity contribution in [2.45, 2.75) is 32.3 Å². The molecule has 1 unspecified atom stereocenters. The summed E-state index contributed by atoms with van der Waals surface area (Å²) in [7, 11) is 0. The minimum atomic E-state index is 0.359. The normalized spacial score (nSPS) is 19.0. The van der Waals surface area contributed by atoms with Gasteiger partial charge < -0.3 is 10.1 Å². The van der Waals surface area contributed by atoms with E-state index in [4.69, 9.17) is 4.74 Å². The van der Waals surface area contributed by atoms with Crippen molar-refractivity contribution in [1.82, 2.24) is 5.32 Å². The van der Waals surface area contributed by atoms with E-state index < -0.39 is 0 Å². The molecule has 1 aromatic carbocycles. The molecule has 2 rings (SSSR count). The van der Waals surface area contributed by atoms with Gasteiger partial charge in [0.15, 0.2) is 0 Å². The van der Waals surface area contributed by atoms with Gasteiger partial charge in [0.25, 0.3) is 0 Å². The van der Waals surface area contributed by atoms with E-state index >= 15 is 0 Å². The summed E-state index contributed by atoms with van der Waals surface area (Å²) in [5.41, 5.74) is 2.74. The van der Waals surface area contributed by atoms with Crippen molar-refractivity contribution in [1.29, 1.82) is 0 Å². The number of hydrogen-bond acceptors (Lipinski definition) is 2. The van der Waals surface area contributed by atoms with Crippen LogP contribution in [0.5, 0.6) is 0 Å². The van der Waals surface area contributed by atoms with Crippen molar-refractivity contribution in [2.75, 3.05) is 13.1 Å². The molecule has 1 aliphatic heterocycles. The molecule has 0 saturated carbocycles. The minimum Gasteiger partial charge on any atom is -0.497 e. The molecule has 0 radical (unpaired) electrons. The van der Waals surface area contributed by atoms with Crippen LogP contribution in [0, 0.1) is 6.92 Å². The van der Waals surface area contributed by atoms with Crippen LogP contribution in [-0.4, -0.2) is 19.2 Å². The molecular formula is C15H21NO. The molecule has 0 spiro atoms. The Morgan fingerprint density at radius 1 is 1.41 bits per heavy atom. The van der Waals surface area contributed by atoms with Gasteiger partial charge in [0.05, 0.1) is 6.26 Å². The van der Waals surface area contributed by atoms with E-state index in [-0.39, 0.29) is 0 Å². The van der Waals surface area contributed by atoms with Crippen LogP contribution in [0.25, 0.3) is 0 Å². The lowest BCUT2D eigenvalue weighted by Gasteiger charge is -2.19. The quantitative estimate of drug-likeness (QED) is 0.787. The zero-order valence-electron chi connectivity index (χ0n) is 10.5. The molecule has 1 aliphatic rings. The monoisotopic (exact) mass is 231 g/mol. The second kappa shape index (κ2) is 6.45. The number of nitrogens with one attached hydrogen (secondary N) is 1. The number of ether oxygens (including phenoxy) is 1. The van der Waals surface area contributed by atoms with Crippen molar-refractivity contribution in [3.63, 3.8) is 0 Å². The summed E-state index contributed by atoms with van der Waals surface area (Å²) in [5, 5.41) is 3.46. The molecule has 0 aromatic heterocycles. The largest absolute Gasteiger partial charge is 0.497 e. The molecule has 2 nitrogen and oxygen atoms in total. The summed E-state index contributed by atoms with van der Waals surface area (Å²) in [4.78, 5) is 0. The van der Waals surface area contributed by atoms with Crippen LogP contribution in [0.3, 0.4) is 0 Å². The van der Waals surface area contributed by atoms with Gasteiger partial charge in [0.2, 0.25) is 0 Å². The van der Waals surface area contributed by atoms with Gasteiger partial charge in [-0.1, -0.05) is 29.8 Å². The fraction of sp³-hybridized carbons (Fsp3) is 0.467. The lowest BCUT2D eigenvalue weighted by molar-refractivity contribution is 0.123. The second-order valence-corrected chi connectivity index (χ2v) is 4.65. The first kappa shape index (κ1) is 12.2. The van der Waals surface area contributed by atoms with E-state index in [2.05, 4.69) is 42.6 Å². The Morgan fingerprint density at radius 3 is 3.12 bits per heavy atom. The summed E-state index contributed by atoms with van der Waals surface area (Å²) in [6, 6.07) is 8.70. The number of benzene rings is 1. The molecule has 1 N–H and O–H groups in total. The first-order valence-electron chi connectivity index (χ1n) is 6.41. The van der Waals surface area contributed by atoms with Crippen molar-refractivity contribution in [3.8, 4) is 0 Å². The fourth-order valence-electron chi connectivity index (χ4n) is 2.10. The zero-order valence-corrected chi connectivity index (χ0v) is 10.5. The molecule has 1 atom stereocenters. The topological polar surface area (TPSA) is 21.3 Å². The van der Waals surface area contributed by atoms with Crippen LogP contribution >= 0.6 is 0 Å². The molecule has 0 saturated heterocycles. The van der Waals surface area contributed by atoms with Gasteiger partial charge in [-0.15, -0.1) is 0 Å². The van der Waals surface area contributed by atoms with Crippen molar-refractivity contribution in [3.05, 3.63) is 47.7 Å². The molecule has 0 bridgehead atoms. The maximum absolute atomic E-state index is 5.51. The van der Waals surface area contributed by atoms with Crippen molar-refractivity contribution >= 4 is 0 Å². The molecular weight excluding hydrogens is 210 g/mol. The van der Waals surface area contributed by atoms with Crippen LogP contribution in [-0.2, 0) is 11.2 Å². The van der Waals surface area contributed by atoms with Gasteiger partial charge in [0, 0.05) is 6.54 Å². The van der Waals surface area contributed by atoms with Gasteiger partial charge in [-0.3, -0.25) is 0 Å². The lowest BCUT2D eigenvalue weighted by Crippen LogP contribution is -2.30. The Hall–Kier alpha value is -1.28. The molecule has 0 amide bonds. The number of allylic oxidation sites excluding steroid dienone is 1. The van der Waals surface area contributed by atoms with E-state index in [9.17, 15) is 0 Å². The predicted molar refractivity (Wildman–Crippen MR) is 71.0 cm³/mol. The highest BCUT2D eigenvalue weighted by Crippen LogP contribution is 2.09. The predicted octanol–water partition coefficient (Wildman–Crippen LogP) is 2.82. The average Bonchev–Trinajstić information content (AvgIpc) is 2.36. The maximum atomic E-state index is 5.51. The molecule has 92 valence electrons.